The summed E-state index contributed by atoms with van der Waals surface area (Å²) in [5.41, 5.74) is 7.02. The molecule has 0 aliphatic rings. The van der Waals surface area contributed by atoms with Gasteiger partial charge in [0.25, 0.3) is 0 Å². The molecule has 0 bridgehead atoms. The zero-order valence-corrected chi connectivity index (χ0v) is 18.1. The second-order valence-corrected chi connectivity index (χ2v) is 8.04. The first-order chi connectivity index (χ1) is 15.0. The van der Waals surface area contributed by atoms with E-state index in [1.54, 1.807) is 6.07 Å². The number of aliphatic hydroxyl groups is 2. The topological polar surface area (TPSA) is 84.9 Å². The van der Waals surface area contributed by atoms with E-state index in [2.05, 4.69) is 0 Å². The van der Waals surface area contributed by atoms with Crippen LogP contribution in [0.1, 0.15) is 24.0 Å². The van der Waals surface area contributed by atoms with Gasteiger partial charge in [0.05, 0.1) is 18.8 Å². The summed E-state index contributed by atoms with van der Waals surface area (Å²) in [6.45, 7) is -0.0161. The van der Waals surface area contributed by atoms with Crippen LogP contribution in [-0.2, 0) is 13.0 Å². The van der Waals surface area contributed by atoms with Crippen molar-refractivity contribution in [2.45, 2.75) is 31.4 Å². The van der Waals surface area contributed by atoms with Crippen LogP contribution in [0.25, 0.3) is 0 Å². The van der Waals surface area contributed by atoms with Gasteiger partial charge in [-0.05, 0) is 54.7 Å². The Morgan fingerprint density at radius 1 is 0.839 bits per heavy atom. The zero-order chi connectivity index (χ0) is 22.1. The van der Waals surface area contributed by atoms with Gasteiger partial charge in [-0.1, -0.05) is 54.1 Å². The van der Waals surface area contributed by atoms with E-state index in [4.69, 9.17) is 26.8 Å². The number of rotatable bonds is 11. The number of aliphatic hydroxyl groups excluding tert-OH is 2. The molecule has 0 spiro atoms. The second kappa shape index (κ2) is 11.2. The maximum absolute atomic E-state index is 9.29. The molecule has 3 aromatic rings. The first-order valence-corrected chi connectivity index (χ1v) is 10.6. The molecule has 0 aliphatic heterocycles. The molecule has 3 aromatic carbocycles. The molecule has 31 heavy (non-hydrogen) atoms. The van der Waals surface area contributed by atoms with Crippen molar-refractivity contribution in [1.29, 1.82) is 0 Å². The monoisotopic (exact) mass is 441 g/mol. The number of ether oxygens (including phenoxy) is 2. The van der Waals surface area contributed by atoms with Gasteiger partial charge in [-0.25, -0.2) is 0 Å². The molecule has 3 rings (SSSR count). The minimum Gasteiger partial charge on any atom is -0.489 e. The Kier molecular flexibility index (Phi) is 8.32. The Bertz CT molecular complexity index is 961. The molecule has 0 aromatic heterocycles. The molecule has 0 amide bonds. The van der Waals surface area contributed by atoms with E-state index in [-0.39, 0.29) is 13.2 Å². The maximum Gasteiger partial charge on any atom is 0.131 e. The highest BCUT2D eigenvalue weighted by Gasteiger charge is 2.22. The summed E-state index contributed by atoms with van der Waals surface area (Å²) in [7, 11) is 0. The number of nitrogens with two attached hydrogens (primary N) is 1. The van der Waals surface area contributed by atoms with Crippen molar-refractivity contribution in [2.24, 2.45) is 5.73 Å². The van der Waals surface area contributed by atoms with Crippen molar-refractivity contribution in [3.05, 3.63) is 88.9 Å². The van der Waals surface area contributed by atoms with E-state index in [0.29, 0.717) is 42.4 Å². The molecule has 164 valence electrons. The molecule has 0 aliphatic carbocycles. The van der Waals surface area contributed by atoms with Crippen LogP contribution in [0.2, 0.25) is 5.02 Å². The molecule has 0 saturated carbocycles. The SMILES string of the molecule is NC(CO)(CO)CCCc1ccc(Oc2cccc(OCc3ccccc3)c2)cc1Cl. The van der Waals surface area contributed by atoms with Crippen LogP contribution in [0.15, 0.2) is 72.8 Å². The number of benzene rings is 3. The zero-order valence-electron chi connectivity index (χ0n) is 17.3. The van der Waals surface area contributed by atoms with Crippen molar-refractivity contribution >= 4 is 11.6 Å². The van der Waals surface area contributed by atoms with Crippen LogP contribution < -0.4 is 15.2 Å². The lowest BCUT2D eigenvalue weighted by Gasteiger charge is -2.24. The summed E-state index contributed by atoms with van der Waals surface area (Å²) in [4.78, 5) is 0. The van der Waals surface area contributed by atoms with Gasteiger partial charge in [-0.15, -0.1) is 0 Å². The van der Waals surface area contributed by atoms with Gasteiger partial charge in [0.2, 0.25) is 0 Å². The summed E-state index contributed by atoms with van der Waals surface area (Å²) in [5.74, 6) is 2.02. The van der Waals surface area contributed by atoms with Crippen molar-refractivity contribution in [3.63, 3.8) is 0 Å². The van der Waals surface area contributed by atoms with Gasteiger partial charge in [0.1, 0.15) is 23.9 Å². The third-order valence-electron chi connectivity index (χ3n) is 5.06. The van der Waals surface area contributed by atoms with Crippen LogP contribution in [-0.4, -0.2) is 29.0 Å². The molecular weight excluding hydrogens is 414 g/mol. The average Bonchev–Trinajstić information content (AvgIpc) is 2.80. The molecule has 5 nitrogen and oxygen atoms in total. The highest BCUT2D eigenvalue weighted by Crippen LogP contribution is 2.30. The van der Waals surface area contributed by atoms with Crippen molar-refractivity contribution in [2.75, 3.05) is 13.2 Å². The van der Waals surface area contributed by atoms with Gasteiger partial charge in [0, 0.05) is 11.1 Å². The van der Waals surface area contributed by atoms with Crippen molar-refractivity contribution in [1.82, 2.24) is 0 Å². The Morgan fingerprint density at radius 2 is 1.55 bits per heavy atom. The molecule has 0 saturated heterocycles. The third kappa shape index (κ3) is 6.97. The first-order valence-electron chi connectivity index (χ1n) is 10.2. The molecular formula is C25H28ClNO4. The number of aryl methyl sites for hydroxylation is 1. The van der Waals surface area contributed by atoms with Crippen molar-refractivity contribution < 1.29 is 19.7 Å². The van der Waals surface area contributed by atoms with Crippen LogP contribution in [0, 0.1) is 0 Å². The highest BCUT2D eigenvalue weighted by atomic mass is 35.5. The van der Waals surface area contributed by atoms with Gasteiger partial charge in [0.15, 0.2) is 0 Å². The molecule has 0 unspecified atom stereocenters. The lowest BCUT2D eigenvalue weighted by molar-refractivity contribution is 0.113. The van der Waals surface area contributed by atoms with E-state index in [1.807, 2.05) is 66.7 Å². The van der Waals surface area contributed by atoms with Crippen LogP contribution in [0.4, 0.5) is 0 Å². The fourth-order valence-electron chi connectivity index (χ4n) is 3.14. The Balaban J connectivity index is 1.57. The Morgan fingerprint density at radius 3 is 2.26 bits per heavy atom. The number of halogens is 1. The Labute approximate surface area is 188 Å². The predicted molar refractivity (Wildman–Crippen MR) is 123 cm³/mol. The van der Waals surface area contributed by atoms with Gasteiger partial charge in [-0.2, -0.15) is 0 Å². The minimum absolute atomic E-state index is 0.252. The highest BCUT2D eigenvalue weighted by molar-refractivity contribution is 6.31. The first kappa shape index (κ1) is 23.1. The average molecular weight is 442 g/mol. The molecule has 4 N–H and O–H groups in total. The lowest BCUT2D eigenvalue weighted by atomic mass is 9.94. The van der Waals surface area contributed by atoms with Gasteiger partial charge < -0.3 is 25.4 Å². The molecule has 0 fully saturated rings. The van der Waals surface area contributed by atoms with Crippen LogP contribution in [0.5, 0.6) is 17.2 Å². The molecule has 6 heteroatoms. The molecule has 0 radical (unpaired) electrons. The van der Waals surface area contributed by atoms with E-state index >= 15 is 0 Å². The molecule has 0 heterocycles. The molecule has 0 atom stereocenters. The third-order valence-corrected chi connectivity index (χ3v) is 5.42. The normalized spacial score (nSPS) is 11.4. The van der Waals surface area contributed by atoms with E-state index in [0.717, 1.165) is 16.9 Å². The van der Waals surface area contributed by atoms with Gasteiger partial charge >= 0.3 is 0 Å². The number of hydrogen-bond donors (Lipinski definition) is 3. The smallest absolute Gasteiger partial charge is 0.131 e. The summed E-state index contributed by atoms with van der Waals surface area (Å²) in [6, 6.07) is 23.0. The quantitative estimate of drug-likeness (QED) is 0.401. The largest absolute Gasteiger partial charge is 0.489 e. The minimum atomic E-state index is -0.955. The Hall–Kier alpha value is -2.57. The summed E-state index contributed by atoms with van der Waals surface area (Å²) >= 11 is 6.43. The second-order valence-electron chi connectivity index (χ2n) is 7.64. The lowest BCUT2D eigenvalue weighted by Crippen LogP contribution is -2.47. The van der Waals surface area contributed by atoms with Crippen LogP contribution in [0.3, 0.4) is 0 Å². The fraction of sp³-hybridized carbons (Fsp3) is 0.280. The number of hydrogen-bond acceptors (Lipinski definition) is 5. The fourth-order valence-corrected chi connectivity index (χ4v) is 3.40. The van der Waals surface area contributed by atoms with E-state index in [9.17, 15) is 10.2 Å². The van der Waals surface area contributed by atoms with E-state index < -0.39 is 5.54 Å². The standard InChI is InChI=1S/C25H28ClNO4/c26-24-15-23(12-11-20(24)8-5-13-25(27,17-28)18-29)31-22-10-4-9-21(14-22)30-16-19-6-2-1-3-7-19/h1-4,6-7,9-12,14-15,28-29H,5,8,13,16-18,27H2. The summed E-state index contributed by atoms with van der Waals surface area (Å²) < 4.78 is 11.8. The summed E-state index contributed by atoms with van der Waals surface area (Å²) in [5, 5.41) is 19.2. The predicted octanol–water partition coefficient (Wildman–Crippen LogP) is 4.72. The summed E-state index contributed by atoms with van der Waals surface area (Å²) in [6.07, 6.45) is 1.91. The van der Waals surface area contributed by atoms with E-state index in [1.165, 1.54) is 0 Å². The van der Waals surface area contributed by atoms with Crippen molar-refractivity contribution in [3.8, 4) is 17.2 Å². The van der Waals surface area contributed by atoms with Gasteiger partial charge in [-0.3, -0.25) is 0 Å². The van der Waals surface area contributed by atoms with Crippen LogP contribution >= 0.6 is 11.6 Å². The maximum atomic E-state index is 9.29.